The van der Waals surface area contributed by atoms with E-state index in [2.05, 4.69) is 15.7 Å². The number of nitrogens with zero attached hydrogens (tertiary/aromatic N) is 2. The molecular formula is C26H34N4O6. The standard InChI is InChI=1S/C26H34N4O6/c1-26(2,13-21(32)33)20(31)14-36-19-12-15-8-9-18(29-30-25-27-10-11-28-25)16-6-5-7-17(16)22(15)24(35-4)23(19)34-3/h12H,5-11,13-14H2,1-4H3,(H,32,33)(H2,27,28,30). The first-order valence-corrected chi connectivity index (χ1v) is 12.2. The van der Waals surface area contributed by atoms with Crippen LogP contribution in [0.5, 0.6) is 17.2 Å². The molecule has 1 heterocycles. The summed E-state index contributed by atoms with van der Waals surface area (Å²) in [5.41, 5.74) is 7.50. The van der Waals surface area contributed by atoms with Gasteiger partial charge in [-0.1, -0.05) is 13.8 Å². The summed E-state index contributed by atoms with van der Waals surface area (Å²) in [7, 11) is 3.14. The van der Waals surface area contributed by atoms with Gasteiger partial charge in [0, 0.05) is 17.5 Å². The summed E-state index contributed by atoms with van der Waals surface area (Å²) in [6.45, 7) is 4.50. The highest BCUT2D eigenvalue weighted by Gasteiger charge is 2.33. The SMILES string of the molecule is COc1c(OCC(=O)C(C)(C)CC(=O)O)cc2c(c1OC)C1=C(CCC1)C(=NNC1=NCCN1)CC2. The Morgan fingerprint density at radius 3 is 2.56 bits per heavy atom. The highest BCUT2D eigenvalue weighted by Crippen LogP contribution is 2.50. The van der Waals surface area contributed by atoms with Crippen molar-refractivity contribution in [1.29, 1.82) is 0 Å². The van der Waals surface area contributed by atoms with E-state index in [9.17, 15) is 9.59 Å². The number of hydrazone groups is 1. The lowest BCUT2D eigenvalue weighted by Crippen LogP contribution is -2.31. The lowest BCUT2D eigenvalue weighted by atomic mass is 9.85. The van der Waals surface area contributed by atoms with Gasteiger partial charge in [0.1, 0.15) is 6.61 Å². The highest BCUT2D eigenvalue weighted by molar-refractivity contribution is 6.09. The van der Waals surface area contributed by atoms with Gasteiger partial charge in [0.25, 0.3) is 0 Å². The number of ketones is 1. The molecule has 0 aromatic heterocycles. The summed E-state index contributed by atoms with van der Waals surface area (Å²) in [4.78, 5) is 28.2. The maximum atomic E-state index is 12.7. The Morgan fingerprint density at radius 1 is 1.14 bits per heavy atom. The average molecular weight is 499 g/mol. The van der Waals surface area contributed by atoms with Crippen LogP contribution in [0.15, 0.2) is 21.7 Å². The first-order valence-electron chi connectivity index (χ1n) is 12.2. The van der Waals surface area contributed by atoms with E-state index in [4.69, 9.17) is 24.4 Å². The number of guanidine groups is 1. The van der Waals surface area contributed by atoms with Gasteiger partial charge >= 0.3 is 5.97 Å². The predicted octanol–water partition coefficient (Wildman–Crippen LogP) is 2.94. The summed E-state index contributed by atoms with van der Waals surface area (Å²) in [5, 5.41) is 17.0. The molecule has 10 heteroatoms. The number of carboxylic acid groups (broad SMARTS) is 1. The summed E-state index contributed by atoms with van der Waals surface area (Å²) in [5.74, 6) is 0.756. The molecule has 1 aliphatic heterocycles. The number of aliphatic carboxylic acids is 1. The lowest BCUT2D eigenvalue weighted by molar-refractivity contribution is -0.144. The number of hydrogen-bond donors (Lipinski definition) is 3. The number of benzene rings is 1. The van der Waals surface area contributed by atoms with E-state index in [1.54, 1.807) is 28.1 Å². The van der Waals surface area contributed by atoms with E-state index < -0.39 is 11.4 Å². The minimum Gasteiger partial charge on any atom is -0.492 e. The van der Waals surface area contributed by atoms with Crippen LogP contribution >= 0.6 is 0 Å². The van der Waals surface area contributed by atoms with Crippen LogP contribution in [-0.2, 0) is 16.0 Å². The molecular weight excluding hydrogens is 464 g/mol. The largest absolute Gasteiger partial charge is 0.492 e. The van der Waals surface area contributed by atoms with Crippen LogP contribution in [0.4, 0.5) is 0 Å². The molecule has 0 spiro atoms. The molecule has 1 aromatic rings. The Balaban J connectivity index is 1.66. The minimum absolute atomic E-state index is 0.266. The molecule has 0 bridgehead atoms. The maximum Gasteiger partial charge on any atom is 0.304 e. The number of carbonyl (C=O) groups excluding carboxylic acids is 1. The van der Waals surface area contributed by atoms with Crippen LogP contribution < -0.4 is 25.0 Å². The molecule has 1 aromatic carbocycles. The van der Waals surface area contributed by atoms with Crippen LogP contribution in [0.3, 0.4) is 0 Å². The minimum atomic E-state index is -1.05. The average Bonchev–Trinajstić information content (AvgIpc) is 3.51. The van der Waals surface area contributed by atoms with Gasteiger partial charge in [-0.25, -0.2) is 10.4 Å². The van der Waals surface area contributed by atoms with Crippen LogP contribution in [0.1, 0.15) is 57.1 Å². The molecule has 194 valence electrons. The molecule has 0 fully saturated rings. The van der Waals surface area contributed by atoms with Gasteiger partial charge in [0.2, 0.25) is 11.7 Å². The Hall–Kier alpha value is -3.56. The van der Waals surface area contributed by atoms with E-state index in [1.165, 1.54) is 11.1 Å². The number of rotatable bonds is 9. The second-order valence-electron chi connectivity index (χ2n) is 9.78. The van der Waals surface area contributed by atoms with Crippen molar-refractivity contribution >= 4 is 29.0 Å². The van der Waals surface area contributed by atoms with Crippen LogP contribution in [0.25, 0.3) is 5.57 Å². The second kappa shape index (κ2) is 10.6. The van der Waals surface area contributed by atoms with Crippen molar-refractivity contribution in [2.45, 2.75) is 52.4 Å². The third kappa shape index (κ3) is 5.17. The molecule has 4 rings (SSSR count). The van der Waals surface area contributed by atoms with Crippen molar-refractivity contribution in [3.05, 3.63) is 22.8 Å². The fourth-order valence-corrected chi connectivity index (χ4v) is 4.96. The molecule has 0 atom stereocenters. The molecule has 0 amide bonds. The van der Waals surface area contributed by atoms with Gasteiger partial charge in [-0.2, -0.15) is 5.10 Å². The van der Waals surface area contributed by atoms with Crippen molar-refractivity contribution in [2.24, 2.45) is 15.5 Å². The molecule has 0 saturated heterocycles. The van der Waals surface area contributed by atoms with Crippen molar-refractivity contribution in [3.8, 4) is 17.2 Å². The van der Waals surface area contributed by atoms with Crippen molar-refractivity contribution in [1.82, 2.24) is 10.7 Å². The Morgan fingerprint density at radius 2 is 1.89 bits per heavy atom. The molecule has 36 heavy (non-hydrogen) atoms. The third-order valence-electron chi connectivity index (χ3n) is 6.87. The number of ether oxygens (including phenoxy) is 3. The first kappa shape index (κ1) is 25.5. The monoisotopic (exact) mass is 498 g/mol. The normalized spacial score (nSPS) is 18.1. The summed E-state index contributed by atoms with van der Waals surface area (Å²) in [6, 6.07) is 1.91. The quantitative estimate of drug-likeness (QED) is 0.443. The number of allylic oxidation sites excluding steroid dienone is 2. The zero-order valence-corrected chi connectivity index (χ0v) is 21.3. The number of nitrogens with one attached hydrogen (secondary N) is 2. The molecule has 2 aliphatic carbocycles. The highest BCUT2D eigenvalue weighted by atomic mass is 16.5. The van der Waals surface area contributed by atoms with Crippen molar-refractivity contribution < 1.29 is 28.9 Å². The molecule has 0 radical (unpaired) electrons. The van der Waals surface area contributed by atoms with Gasteiger partial charge < -0.3 is 24.6 Å². The first-order chi connectivity index (χ1) is 17.2. The Bertz CT molecular complexity index is 1150. The maximum absolute atomic E-state index is 12.7. The van der Waals surface area contributed by atoms with Crippen molar-refractivity contribution in [3.63, 3.8) is 0 Å². The number of methoxy groups -OCH3 is 2. The number of carbonyl (C=O) groups is 2. The van der Waals surface area contributed by atoms with Gasteiger partial charge in [-0.3, -0.25) is 9.59 Å². The zero-order chi connectivity index (χ0) is 25.9. The third-order valence-corrected chi connectivity index (χ3v) is 6.87. The van der Waals surface area contributed by atoms with E-state index in [-0.39, 0.29) is 18.8 Å². The zero-order valence-electron chi connectivity index (χ0n) is 21.3. The number of hydrogen-bond acceptors (Lipinski definition) is 9. The molecule has 3 N–H and O–H groups in total. The Labute approximate surface area is 210 Å². The van der Waals surface area contributed by atoms with Crippen LogP contribution in [-0.4, -0.2) is 62.4 Å². The van der Waals surface area contributed by atoms with E-state index in [0.717, 1.165) is 55.6 Å². The number of Topliss-reactive ketones (excluding diaryl/α,β-unsaturated/α-hetero) is 1. The smallest absolute Gasteiger partial charge is 0.304 e. The van der Waals surface area contributed by atoms with E-state index >= 15 is 0 Å². The predicted molar refractivity (Wildman–Crippen MR) is 136 cm³/mol. The summed E-state index contributed by atoms with van der Waals surface area (Å²) >= 11 is 0. The lowest BCUT2D eigenvalue weighted by Gasteiger charge is -2.23. The van der Waals surface area contributed by atoms with Crippen LogP contribution in [0.2, 0.25) is 0 Å². The summed E-state index contributed by atoms with van der Waals surface area (Å²) in [6.07, 6.45) is 4.03. The molecule has 3 aliphatic rings. The van der Waals surface area contributed by atoms with E-state index in [0.29, 0.717) is 29.6 Å². The number of aryl methyl sites for hydroxylation is 1. The number of fused-ring (bicyclic) bond motifs is 2. The van der Waals surface area contributed by atoms with Gasteiger partial charge in [0.05, 0.1) is 32.9 Å². The topological polar surface area (TPSA) is 131 Å². The number of aliphatic imine (C=N–C) groups is 1. The van der Waals surface area contributed by atoms with Gasteiger partial charge in [-0.05, 0) is 54.9 Å². The van der Waals surface area contributed by atoms with Crippen LogP contribution in [0, 0.1) is 5.41 Å². The van der Waals surface area contributed by atoms with E-state index in [1.807, 2.05) is 6.07 Å². The molecule has 0 saturated carbocycles. The Kier molecular flexibility index (Phi) is 7.51. The summed E-state index contributed by atoms with van der Waals surface area (Å²) < 4.78 is 17.5. The fourth-order valence-electron chi connectivity index (χ4n) is 4.96. The second-order valence-corrected chi connectivity index (χ2v) is 9.78. The van der Waals surface area contributed by atoms with Crippen molar-refractivity contribution in [2.75, 3.05) is 33.9 Å². The molecule has 0 unspecified atom stereocenters. The van der Waals surface area contributed by atoms with Gasteiger partial charge in [-0.15, -0.1) is 0 Å². The number of carboxylic acids is 1. The molecule has 10 nitrogen and oxygen atoms in total. The van der Waals surface area contributed by atoms with Gasteiger partial charge in [0.15, 0.2) is 17.3 Å². The fraction of sp³-hybridized carbons (Fsp3) is 0.538.